The molecule has 0 fully saturated rings. The molecule has 0 amide bonds. The van der Waals surface area contributed by atoms with Gasteiger partial charge in [-0.05, 0) is 27.9 Å². The summed E-state index contributed by atoms with van der Waals surface area (Å²) in [4.78, 5) is 11.1. The smallest absolute Gasteiger partial charge is 0.155 e. The fraction of sp³-hybridized carbons (Fsp3) is 0.286. The first-order valence-corrected chi connectivity index (χ1v) is 6.73. The minimum Gasteiger partial charge on any atom is -0.298 e. The topological polar surface area (TPSA) is 34.9 Å². The molecular formula is C14H15BrN2O. The minimum atomic E-state index is 0.598. The highest BCUT2D eigenvalue weighted by molar-refractivity contribution is 9.10. The van der Waals surface area contributed by atoms with Gasteiger partial charge in [0.25, 0.3) is 0 Å². The minimum absolute atomic E-state index is 0.598. The van der Waals surface area contributed by atoms with Crippen LogP contribution in [0.5, 0.6) is 0 Å². The molecule has 94 valence electrons. The second-order valence-corrected chi connectivity index (χ2v) is 4.99. The lowest BCUT2D eigenvalue weighted by Crippen LogP contribution is -1.90. The highest BCUT2D eigenvalue weighted by atomic mass is 79.9. The molecule has 2 aromatic rings. The first kappa shape index (κ1) is 13.0. The molecule has 1 aromatic carbocycles. The van der Waals surface area contributed by atoms with Crippen LogP contribution in [-0.4, -0.2) is 16.1 Å². The first-order valence-electron chi connectivity index (χ1n) is 5.94. The number of aromatic nitrogens is 2. The Morgan fingerprint density at radius 2 is 2.00 bits per heavy atom. The molecule has 0 bridgehead atoms. The van der Waals surface area contributed by atoms with Gasteiger partial charge >= 0.3 is 0 Å². The summed E-state index contributed by atoms with van der Waals surface area (Å²) in [7, 11) is 1.81. The van der Waals surface area contributed by atoms with Crippen molar-refractivity contribution in [2.45, 2.75) is 19.8 Å². The number of nitrogens with zero attached hydrogens (tertiary/aromatic N) is 2. The predicted octanol–water partition coefficient (Wildman–Crippen LogP) is 3.61. The van der Waals surface area contributed by atoms with Gasteiger partial charge in [0, 0.05) is 12.6 Å². The van der Waals surface area contributed by atoms with Gasteiger partial charge < -0.3 is 0 Å². The Hall–Kier alpha value is -1.42. The summed E-state index contributed by atoms with van der Waals surface area (Å²) in [6.07, 6.45) is 3.05. The molecule has 0 aliphatic heterocycles. The predicted molar refractivity (Wildman–Crippen MR) is 75.7 cm³/mol. The lowest BCUT2D eigenvalue weighted by atomic mass is 10.0. The van der Waals surface area contributed by atoms with E-state index in [1.54, 1.807) is 4.68 Å². The lowest BCUT2D eigenvalue weighted by molar-refractivity contribution is 0.112. The fourth-order valence-electron chi connectivity index (χ4n) is 1.96. The van der Waals surface area contributed by atoms with Crippen molar-refractivity contribution in [3.05, 3.63) is 40.0 Å². The number of aryl methyl sites for hydroxylation is 2. The van der Waals surface area contributed by atoms with Crippen LogP contribution in [0.15, 0.2) is 28.9 Å². The Morgan fingerprint density at radius 1 is 1.33 bits per heavy atom. The summed E-state index contributed by atoms with van der Waals surface area (Å²) >= 11 is 3.37. The van der Waals surface area contributed by atoms with E-state index in [9.17, 15) is 4.79 Å². The summed E-state index contributed by atoms with van der Waals surface area (Å²) in [5.41, 5.74) is 3.60. The molecule has 2 rings (SSSR count). The molecule has 0 aliphatic carbocycles. The van der Waals surface area contributed by atoms with Crippen molar-refractivity contribution in [1.82, 2.24) is 9.78 Å². The summed E-state index contributed by atoms with van der Waals surface area (Å²) in [6.45, 7) is 2.16. The number of hydrogen-bond donors (Lipinski definition) is 0. The average Bonchev–Trinajstić information content (AvgIpc) is 2.67. The van der Waals surface area contributed by atoms with E-state index in [4.69, 9.17) is 0 Å². The largest absolute Gasteiger partial charge is 0.298 e. The van der Waals surface area contributed by atoms with Gasteiger partial charge in [-0.15, -0.1) is 0 Å². The molecule has 1 heterocycles. The summed E-state index contributed by atoms with van der Waals surface area (Å²) in [5, 5.41) is 4.37. The summed E-state index contributed by atoms with van der Waals surface area (Å²) in [5.74, 6) is 0. The third-order valence-corrected chi connectivity index (χ3v) is 3.84. The van der Waals surface area contributed by atoms with Crippen LogP contribution in [0.3, 0.4) is 0 Å². The van der Waals surface area contributed by atoms with E-state index < -0.39 is 0 Å². The van der Waals surface area contributed by atoms with Gasteiger partial charge in [-0.3, -0.25) is 9.48 Å². The molecule has 0 spiro atoms. The van der Waals surface area contributed by atoms with Crippen molar-refractivity contribution >= 4 is 22.2 Å². The van der Waals surface area contributed by atoms with Crippen LogP contribution >= 0.6 is 15.9 Å². The Bertz CT molecular complexity index is 558. The monoisotopic (exact) mass is 306 g/mol. The van der Waals surface area contributed by atoms with E-state index in [2.05, 4.69) is 40.1 Å². The molecule has 18 heavy (non-hydrogen) atoms. The van der Waals surface area contributed by atoms with Crippen LogP contribution in [-0.2, 0) is 13.5 Å². The highest BCUT2D eigenvalue weighted by Crippen LogP contribution is 2.27. The molecule has 0 atom stereocenters. The van der Waals surface area contributed by atoms with Crippen molar-refractivity contribution in [3.8, 4) is 11.3 Å². The zero-order valence-corrected chi connectivity index (χ0v) is 12.1. The van der Waals surface area contributed by atoms with Crippen LogP contribution in [0, 0.1) is 0 Å². The molecule has 0 saturated heterocycles. The highest BCUT2D eigenvalue weighted by Gasteiger charge is 2.14. The number of carbonyl (C=O) groups is 1. The van der Waals surface area contributed by atoms with Crippen LogP contribution < -0.4 is 0 Å². The number of halogens is 1. The lowest BCUT2D eigenvalue weighted by Gasteiger charge is -2.01. The van der Waals surface area contributed by atoms with Crippen LogP contribution in [0.2, 0.25) is 0 Å². The van der Waals surface area contributed by atoms with Gasteiger partial charge in [0.2, 0.25) is 0 Å². The van der Waals surface area contributed by atoms with Gasteiger partial charge in [-0.2, -0.15) is 5.10 Å². The average molecular weight is 307 g/mol. The molecule has 0 saturated carbocycles. The molecular weight excluding hydrogens is 292 g/mol. The van der Waals surface area contributed by atoms with Crippen LogP contribution in [0.25, 0.3) is 11.3 Å². The van der Waals surface area contributed by atoms with Crippen molar-refractivity contribution < 1.29 is 4.79 Å². The third-order valence-electron chi connectivity index (χ3n) is 2.90. The van der Waals surface area contributed by atoms with Crippen molar-refractivity contribution in [1.29, 1.82) is 0 Å². The van der Waals surface area contributed by atoms with Crippen molar-refractivity contribution in [3.63, 3.8) is 0 Å². The molecule has 0 aliphatic rings. The number of carbonyl (C=O) groups excluding carboxylic acids is 1. The quantitative estimate of drug-likeness (QED) is 0.809. The Balaban J connectivity index is 2.42. The SMILES string of the molecule is CCCc1ccc(-c2nn(C)c(Br)c2C=O)cc1. The summed E-state index contributed by atoms with van der Waals surface area (Å²) < 4.78 is 2.38. The third kappa shape index (κ3) is 2.38. The van der Waals surface area contributed by atoms with E-state index in [0.29, 0.717) is 10.2 Å². The molecule has 0 unspecified atom stereocenters. The van der Waals surface area contributed by atoms with Crippen molar-refractivity contribution in [2.75, 3.05) is 0 Å². The maximum Gasteiger partial charge on any atom is 0.155 e. The normalized spacial score (nSPS) is 10.6. The molecule has 0 N–H and O–H groups in total. The van der Waals surface area contributed by atoms with Crippen LogP contribution in [0.4, 0.5) is 0 Å². The van der Waals surface area contributed by atoms with Gasteiger partial charge in [-0.1, -0.05) is 37.6 Å². The van der Waals surface area contributed by atoms with Gasteiger partial charge in [-0.25, -0.2) is 0 Å². The van der Waals surface area contributed by atoms with E-state index in [1.165, 1.54) is 5.56 Å². The van der Waals surface area contributed by atoms with Gasteiger partial charge in [0.15, 0.2) is 6.29 Å². The second-order valence-electron chi connectivity index (χ2n) is 4.24. The fourth-order valence-corrected chi connectivity index (χ4v) is 2.32. The zero-order chi connectivity index (χ0) is 13.1. The number of benzene rings is 1. The van der Waals surface area contributed by atoms with Gasteiger partial charge in [0.05, 0.1) is 5.56 Å². The zero-order valence-electron chi connectivity index (χ0n) is 10.5. The number of aldehydes is 1. The first-order chi connectivity index (χ1) is 8.67. The Kier molecular flexibility index (Phi) is 3.97. The second kappa shape index (κ2) is 5.48. The molecule has 3 nitrogen and oxygen atoms in total. The number of rotatable bonds is 4. The van der Waals surface area contributed by atoms with Crippen molar-refractivity contribution in [2.24, 2.45) is 7.05 Å². The Labute approximate surface area is 115 Å². The van der Waals surface area contributed by atoms with Gasteiger partial charge in [0.1, 0.15) is 10.3 Å². The molecule has 1 aromatic heterocycles. The molecule has 0 radical (unpaired) electrons. The van der Waals surface area contributed by atoms with E-state index in [0.717, 1.165) is 30.4 Å². The maximum absolute atomic E-state index is 11.1. The van der Waals surface area contributed by atoms with E-state index in [1.807, 2.05) is 19.2 Å². The Morgan fingerprint density at radius 3 is 2.56 bits per heavy atom. The standard InChI is InChI=1S/C14H15BrN2O/c1-3-4-10-5-7-11(8-6-10)13-12(9-18)14(15)17(2)16-13/h5-9H,3-4H2,1-2H3. The maximum atomic E-state index is 11.1. The van der Waals surface area contributed by atoms with Crippen LogP contribution in [0.1, 0.15) is 29.3 Å². The van der Waals surface area contributed by atoms with E-state index >= 15 is 0 Å². The molecule has 4 heteroatoms. The number of hydrogen-bond acceptors (Lipinski definition) is 2. The van der Waals surface area contributed by atoms with E-state index in [-0.39, 0.29) is 0 Å². The summed E-state index contributed by atoms with van der Waals surface area (Å²) in [6, 6.07) is 8.23.